The molecular formula is C22H28N8O5. The summed E-state index contributed by atoms with van der Waals surface area (Å²) >= 11 is 0. The Bertz CT molecular complexity index is 1200. The predicted octanol–water partition coefficient (Wildman–Crippen LogP) is -1.29. The van der Waals surface area contributed by atoms with Crippen molar-refractivity contribution < 1.29 is 24.5 Å². The zero-order valence-electron chi connectivity index (χ0n) is 19.2. The molecule has 0 bridgehead atoms. The summed E-state index contributed by atoms with van der Waals surface area (Å²) in [6.45, 7) is 0.836. The SMILES string of the molecule is CNC(=O)N(CC#Cc1nc(N)c2ncn([C@@H]3O[C@H](C(=O)NC4CC4)[C@@H](O)[C@H]3O)c2n1)CC1CC1. The molecule has 0 unspecified atom stereocenters. The summed E-state index contributed by atoms with van der Waals surface area (Å²) in [6.07, 6.45) is 0.187. The molecule has 2 saturated carbocycles. The number of carbonyl (C=O) groups is 2. The molecule has 6 N–H and O–H groups in total. The largest absolute Gasteiger partial charge is 0.387 e. The minimum Gasteiger partial charge on any atom is -0.387 e. The Labute approximate surface area is 201 Å². The molecule has 3 amide bonds. The first-order valence-corrected chi connectivity index (χ1v) is 11.6. The average Bonchev–Trinajstić information content (AvgIpc) is 3.76. The molecule has 3 aliphatic rings. The molecule has 1 saturated heterocycles. The molecule has 13 heteroatoms. The van der Waals surface area contributed by atoms with Crippen molar-refractivity contribution in [3.63, 3.8) is 0 Å². The van der Waals surface area contributed by atoms with Crippen LogP contribution in [0.3, 0.4) is 0 Å². The number of urea groups is 1. The summed E-state index contributed by atoms with van der Waals surface area (Å²) < 4.78 is 7.13. The van der Waals surface area contributed by atoms with E-state index >= 15 is 0 Å². The van der Waals surface area contributed by atoms with Crippen LogP contribution in [-0.2, 0) is 9.53 Å². The first kappa shape index (κ1) is 23.3. The molecule has 4 atom stereocenters. The number of aliphatic hydroxyl groups is 2. The highest BCUT2D eigenvalue weighted by Crippen LogP contribution is 2.33. The highest BCUT2D eigenvalue weighted by atomic mass is 16.6. The molecular weight excluding hydrogens is 456 g/mol. The van der Waals surface area contributed by atoms with Gasteiger partial charge >= 0.3 is 6.03 Å². The minimum absolute atomic E-state index is 0.0789. The van der Waals surface area contributed by atoms with Crippen LogP contribution in [0.1, 0.15) is 37.7 Å². The van der Waals surface area contributed by atoms with Gasteiger partial charge in [-0.05, 0) is 37.5 Å². The molecule has 0 aromatic carbocycles. The molecule has 13 nitrogen and oxygen atoms in total. The Hall–Kier alpha value is -3.47. The van der Waals surface area contributed by atoms with E-state index in [0.717, 1.165) is 25.7 Å². The number of rotatable bonds is 6. The van der Waals surface area contributed by atoms with Crippen LogP contribution in [0.2, 0.25) is 0 Å². The lowest BCUT2D eigenvalue weighted by molar-refractivity contribution is -0.137. The molecule has 186 valence electrons. The Morgan fingerprint density at radius 3 is 2.71 bits per heavy atom. The van der Waals surface area contributed by atoms with Crippen LogP contribution in [-0.4, -0.2) is 91.1 Å². The van der Waals surface area contributed by atoms with Crippen molar-refractivity contribution in [3.05, 3.63) is 12.2 Å². The molecule has 2 aromatic rings. The number of amides is 3. The molecule has 5 rings (SSSR count). The quantitative estimate of drug-likeness (QED) is 0.312. The number of nitrogens with one attached hydrogen (secondary N) is 2. The zero-order chi connectivity index (χ0) is 24.7. The summed E-state index contributed by atoms with van der Waals surface area (Å²) in [5.41, 5.74) is 6.57. The van der Waals surface area contributed by atoms with Gasteiger partial charge in [-0.25, -0.2) is 19.7 Å². The number of carbonyl (C=O) groups excluding carboxylic acids is 2. The van der Waals surface area contributed by atoms with E-state index in [9.17, 15) is 19.8 Å². The zero-order valence-corrected chi connectivity index (χ0v) is 19.2. The number of anilines is 1. The van der Waals surface area contributed by atoms with Crippen LogP contribution in [0.25, 0.3) is 11.2 Å². The third-order valence-electron chi connectivity index (χ3n) is 6.29. The average molecular weight is 485 g/mol. The number of nitrogen functional groups attached to an aromatic ring is 1. The summed E-state index contributed by atoms with van der Waals surface area (Å²) in [5.74, 6) is 5.97. The van der Waals surface area contributed by atoms with E-state index in [1.165, 1.54) is 10.9 Å². The van der Waals surface area contributed by atoms with Crippen molar-refractivity contribution in [2.75, 3.05) is 25.9 Å². The number of nitrogens with two attached hydrogens (primary N) is 1. The third kappa shape index (κ3) is 4.86. The summed E-state index contributed by atoms with van der Waals surface area (Å²) in [7, 11) is 1.57. The maximum absolute atomic E-state index is 12.4. The normalized spacial score (nSPS) is 25.7. The van der Waals surface area contributed by atoms with Crippen molar-refractivity contribution in [1.82, 2.24) is 35.1 Å². The lowest BCUT2D eigenvalue weighted by atomic mass is 10.1. The molecule has 35 heavy (non-hydrogen) atoms. The van der Waals surface area contributed by atoms with Crippen molar-refractivity contribution in [2.24, 2.45) is 5.92 Å². The molecule has 2 aliphatic carbocycles. The number of fused-ring (bicyclic) bond motifs is 1. The maximum Gasteiger partial charge on any atom is 0.317 e. The first-order chi connectivity index (χ1) is 16.9. The number of hydrogen-bond acceptors (Lipinski definition) is 9. The van der Waals surface area contributed by atoms with E-state index < -0.39 is 30.4 Å². The number of aliphatic hydroxyl groups excluding tert-OH is 2. The van der Waals surface area contributed by atoms with E-state index in [1.807, 2.05) is 0 Å². The molecule has 0 radical (unpaired) electrons. The molecule has 1 aliphatic heterocycles. The Morgan fingerprint density at radius 2 is 2.03 bits per heavy atom. The van der Waals surface area contributed by atoms with Gasteiger partial charge in [0.2, 0.25) is 5.82 Å². The third-order valence-corrected chi connectivity index (χ3v) is 6.29. The van der Waals surface area contributed by atoms with Crippen molar-refractivity contribution in [1.29, 1.82) is 0 Å². The lowest BCUT2D eigenvalue weighted by Gasteiger charge is -2.19. The number of hydrogen-bond donors (Lipinski definition) is 5. The van der Waals surface area contributed by atoms with Crippen LogP contribution < -0.4 is 16.4 Å². The van der Waals surface area contributed by atoms with Crippen molar-refractivity contribution >= 4 is 28.9 Å². The lowest BCUT2D eigenvalue weighted by Crippen LogP contribution is -2.43. The van der Waals surface area contributed by atoms with Crippen LogP contribution in [0.5, 0.6) is 0 Å². The predicted molar refractivity (Wildman–Crippen MR) is 122 cm³/mol. The van der Waals surface area contributed by atoms with Gasteiger partial charge in [0, 0.05) is 19.6 Å². The van der Waals surface area contributed by atoms with Crippen LogP contribution in [0.15, 0.2) is 6.33 Å². The Kier molecular flexibility index (Phi) is 6.18. The second kappa shape index (κ2) is 9.29. The summed E-state index contributed by atoms with van der Waals surface area (Å²) in [6, 6.07) is -0.118. The second-order valence-electron chi connectivity index (χ2n) is 9.15. The van der Waals surface area contributed by atoms with Gasteiger partial charge in [0.05, 0.1) is 12.9 Å². The second-order valence-corrected chi connectivity index (χ2v) is 9.15. The monoisotopic (exact) mass is 484 g/mol. The van der Waals surface area contributed by atoms with Crippen LogP contribution >= 0.6 is 0 Å². The Morgan fingerprint density at radius 1 is 1.26 bits per heavy atom. The van der Waals surface area contributed by atoms with Gasteiger partial charge in [0.15, 0.2) is 23.8 Å². The Balaban J connectivity index is 1.36. The summed E-state index contributed by atoms with van der Waals surface area (Å²) in [5, 5.41) is 26.4. The standard InChI is InChI=1S/C22H28N8O5/c1-24-22(34)29(9-11-4-5-11)8-2-3-13-27-18(23)14-19(28-13)30(10-25-14)21-16(32)15(31)17(35-21)20(33)26-12-6-7-12/h10-12,15-17,21,31-32H,4-9H2,1H3,(H,24,34)(H,26,33)(H2,23,27,28)/t15-,16+,17-,21+/m0/s1. The van der Waals surface area contributed by atoms with Gasteiger partial charge in [-0.3, -0.25) is 9.36 Å². The fourth-order valence-electron chi connectivity index (χ4n) is 4.00. The van der Waals surface area contributed by atoms with Crippen LogP contribution in [0.4, 0.5) is 10.6 Å². The number of ether oxygens (including phenoxy) is 1. The van der Waals surface area contributed by atoms with E-state index in [0.29, 0.717) is 12.5 Å². The van der Waals surface area contributed by atoms with Crippen LogP contribution in [0, 0.1) is 17.8 Å². The van der Waals surface area contributed by atoms with Gasteiger partial charge in [-0.2, -0.15) is 0 Å². The van der Waals surface area contributed by atoms with Gasteiger partial charge < -0.3 is 36.2 Å². The van der Waals surface area contributed by atoms with Gasteiger partial charge in [0.1, 0.15) is 17.7 Å². The van der Waals surface area contributed by atoms with Gasteiger partial charge in [-0.1, -0.05) is 5.92 Å². The number of imidazole rings is 1. The van der Waals surface area contributed by atoms with E-state index in [2.05, 4.69) is 37.4 Å². The molecule has 0 spiro atoms. The molecule has 3 fully saturated rings. The summed E-state index contributed by atoms with van der Waals surface area (Å²) in [4.78, 5) is 38.9. The maximum atomic E-state index is 12.4. The van der Waals surface area contributed by atoms with Crippen molar-refractivity contribution in [2.45, 2.75) is 56.3 Å². The fourth-order valence-corrected chi connectivity index (χ4v) is 4.00. The van der Waals surface area contributed by atoms with Gasteiger partial charge in [-0.15, -0.1) is 0 Å². The number of nitrogens with zero attached hydrogens (tertiary/aromatic N) is 5. The highest BCUT2D eigenvalue weighted by molar-refractivity contribution is 5.83. The highest BCUT2D eigenvalue weighted by Gasteiger charge is 2.48. The molecule has 3 heterocycles. The minimum atomic E-state index is -1.42. The van der Waals surface area contributed by atoms with E-state index in [1.54, 1.807) is 11.9 Å². The first-order valence-electron chi connectivity index (χ1n) is 11.6. The van der Waals surface area contributed by atoms with E-state index in [4.69, 9.17) is 10.5 Å². The molecule has 2 aromatic heterocycles. The van der Waals surface area contributed by atoms with Crippen molar-refractivity contribution in [3.8, 4) is 11.8 Å². The topological polar surface area (TPSA) is 181 Å². The van der Waals surface area contributed by atoms with Gasteiger partial charge in [0.25, 0.3) is 5.91 Å². The smallest absolute Gasteiger partial charge is 0.317 e. The fraction of sp³-hybridized carbons (Fsp3) is 0.591. The van der Waals surface area contributed by atoms with E-state index in [-0.39, 0.29) is 41.4 Å². The number of aromatic nitrogens is 4.